The largest absolute Gasteiger partial charge is 0.379 e. The summed E-state index contributed by atoms with van der Waals surface area (Å²) in [6.07, 6.45) is 3.63. The second-order valence-electron chi connectivity index (χ2n) is 7.34. The Balaban J connectivity index is 1.89. The van der Waals surface area contributed by atoms with E-state index in [1.54, 1.807) is 0 Å². The van der Waals surface area contributed by atoms with Crippen molar-refractivity contribution in [1.29, 1.82) is 0 Å². The molecular weight excluding hydrogens is 268 g/mol. The third-order valence-corrected chi connectivity index (χ3v) is 5.09. The number of piperazine rings is 1. The van der Waals surface area contributed by atoms with Crippen molar-refractivity contribution in [1.82, 2.24) is 10.2 Å². The molecule has 0 radical (unpaired) electrons. The van der Waals surface area contributed by atoms with Crippen LogP contribution >= 0.6 is 0 Å². The Kier molecular flexibility index (Phi) is 3.72. The van der Waals surface area contributed by atoms with Crippen molar-refractivity contribution in [3.05, 3.63) is 0 Å². The van der Waals surface area contributed by atoms with Gasteiger partial charge in [0.15, 0.2) is 0 Å². The molecule has 5 heteroatoms. The molecule has 0 aromatic heterocycles. The highest BCUT2D eigenvalue weighted by Crippen LogP contribution is 2.43. The Hall–Kier alpha value is -1.10. The second-order valence-corrected chi connectivity index (χ2v) is 7.34. The molecule has 1 N–H and O–H groups in total. The minimum Gasteiger partial charge on any atom is -0.379 e. The van der Waals surface area contributed by atoms with Gasteiger partial charge in [0.05, 0.1) is 12.6 Å². The molecular formula is C16H26N2O3. The molecule has 1 saturated carbocycles. The summed E-state index contributed by atoms with van der Waals surface area (Å²) in [5, 5.41) is 3.04. The van der Waals surface area contributed by atoms with Crippen molar-refractivity contribution in [2.45, 2.75) is 64.1 Å². The van der Waals surface area contributed by atoms with Crippen LogP contribution in [-0.4, -0.2) is 47.6 Å². The van der Waals surface area contributed by atoms with Gasteiger partial charge in [0.2, 0.25) is 11.8 Å². The van der Waals surface area contributed by atoms with Gasteiger partial charge in [-0.25, -0.2) is 0 Å². The average molecular weight is 294 g/mol. The molecule has 118 valence electrons. The summed E-state index contributed by atoms with van der Waals surface area (Å²) in [4.78, 5) is 27.6. The SMILES string of the molecule is CC(C)CC1C(=O)NC(C)(C2CC2)C(=O)N1C1CCOC1. The number of nitrogens with one attached hydrogen (secondary N) is 1. The molecule has 3 fully saturated rings. The Morgan fingerprint density at radius 1 is 1.33 bits per heavy atom. The van der Waals surface area contributed by atoms with E-state index in [1.807, 2.05) is 11.8 Å². The maximum Gasteiger partial charge on any atom is 0.249 e. The first-order valence-corrected chi connectivity index (χ1v) is 8.16. The van der Waals surface area contributed by atoms with Gasteiger partial charge in [-0.3, -0.25) is 9.59 Å². The summed E-state index contributed by atoms with van der Waals surface area (Å²) in [6.45, 7) is 7.34. The van der Waals surface area contributed by atoms with E-state index in [9.17, 15) is 9.59 Å². The van der Waals surface area contributed by atoms with Gasteiger partial charge in [0, 0.05) is 6.61 Å². The number of hydrogen-bond acceptors (Lipinski definition) is 3. The predicted octanol–water partition coefficient (Wildman–Crippen LogP) is 1.32. The Morgan fingerprint density at radius 3 is 2.57 bits per heavy atom. The first-order valence-electron chi connectivity index (χ1n) is 8.16. The molecule has 0 aromatic rings. The molecule has 3 unspecified atom stereocenters. The molecule has 5 nitrogen and oxygen atoms in total. The highest BCUT2D eigenvalue weighted by molar-refractivity contribution is 6.00. The number of ether oxygens (including phenoxy) is 1. The maximum atomic E-state index is 13.1. The van der Waals surface area contributed by atoms with Crippen molar-refractivity contribution in [2.24, 2.45) is 11.8 Å². The second kappa shape index (κ2) is 5.27. The fourth-order valence-corrected chi connectivity index (χ4v) is 3.70. The van der Waals surface area contributed by atoms with Crippen molar-refractivity contribution in [3.63, 3.8) is 0 Å². The van der Waals surface area contributed by atoms with Crippen LogP contribution in [0.2, 0.25) is 0 Å². The number of hydrogen-bond donors (Lipinski definition) is 1. The molecule has 21 heavy (non-hydrogen) atoms. The lowest BCUT2D eigenvalue weighted by Crippen LogP contribution is -2.72. The van der Waals surface area contributed by atoms with Crippen LogP contribution in [0.3, 0.4) is 0 Å². The smallest absolute Gasteiger partial charge is 0.249 e. The first kappa shape index (κ1) is 14.8. The molecule has 3 rings (SSSR count). The van der Waals surface area contributed by atoms with E-state index in [0.29, 0.717) is 25.0 Å². The number of rotatable bonds is 4. The van der Waals surface area contributed by atoms with E-state index in [4.69, 9.17) is 4.74 Å². The van der Waals surface area contributed by atoms with Gasteiger partial charge in [0.25, 0.3) is 0 Å². The minimum atomic E-state index is -0.701. The van der Waals surface area contributed by atoms with Gasteiger partial charge >= 0.3 is 0 Å². The van der Waals surface area contributed by atoms with Crippen LogP contribution in [0, 0.1) is 11.8 Å². The fraction of sp³-hybridized carbons (Fsp3) is 0.875. The molecule has 1 aliphatic carbocycles. The normalized spacial score (nSPS) is 37.2. The van der Waals surface area contributed by atoms with Gasteiger partial charge in [-0.2, -0.15) is 0 Å². The van der Waals surface area contributed by atoms with Gasteiger partial charge in [-0.05, 0) is 44.4 Å². The summed E-state index contributed by atoms with van der Waals surface area (Å²) in [5.74, 6) is 0.803. The zero-order valence-electron chi connectivity index (χ0n) is 13.2. The van der Waals surface area contributed by atoms with Crippen LogP contribution in [0.25, 0.3) is 0 Å². The van der Waals surface area contributed by atoms with Crippen molar-refractivity contribution >= 4 is 11.8 Å². The van der Waals surface area contributed by atoms with Crippen LogP contribution in [0.4, 0.5) is 0 Å². The fourth-order valence-electron chi connectivity index (χ4n) is 3.70. The van der Waals surface area contributed by atoms with Crippen molar-refractivity contribution < 1.29 is 14.3 Å². The van der Waals surface area contributed by atoms with Gasteiger partial charge in [-0.15, -0.1) is 0 Å². The zero-order chi connectivity index (χ0) is 15.2. The van der Waals surface area contributed by atoms with Crippen LogP contribution in [0.15, 0.2) is 0 Å². The molecule has 2 aliphatic heterocycles. The van der Waals surface area contributed by atoms with Crippen molar-refractivity contribution in [2.75, 3.05) is 13.2 Å². The predicted molar refractivity (Wildman–Crippen MR) is 78.6 cm³/mol. The summed E-state index contributed by atoms with van der Waals surface area (Å²) in [6, 6.07) is -0.276. The molecule has 0 spiro atoms. The topological polar surface area (TPSA) is 58.6 Å². The Morgan fingerprint density at radius 2 is 2.05 bits per heavy atom. The molecule has 0 aromatic carbocycles. The lowest BCUT2D eigenvalue weighted by Gasteiger charge is -2.47. The van der Waals surface area contributed by atoms with Crippen LogP contribution in [0.1, 0.15) is 46.5 Å². The molecule has 3 atom stereocenters. The lowest BCUT2D eigenvalue weighted by molar-refractivity contribution is -0.159. The van der Waals surface area contributed by atoms with Crippen LogP contribution < -0.4 is 5.32 Å². The monoisotopic (exact) mass is 294 g/mol. The van der Waals surface area contributed by atoms with E-state index in [0.717, 1.165) is 25.7 Å². The minimum absolute atomic E-state index is 0.0181. The summed E-state index contributed by atoms with van der Waals surface area (Å²) in [5.41, 5.74) is -0.701. The molecule has 0 bridgehead atoms. The van der Waals surface area contributed by atoms with E-state index >= 15 is 0 Å². The van der Waals surface area contributed by atoms with Gasteiger partial charge < -0.3 is 15.0 Å². The summed E-state index contributed by atoms with van der Waals surface area (Å²) < 4.78 is 5.47. The van der Waals surface area contributed by atoms with E-state index < -0.39 is 5.54 Å². The molecule has 2 heterocycles. The Labute approximate surface area is 126 Å². The van der Waals surface area contributed by atoms with Crippen LogP contribution in [0.5, 0.6) is 0 Å². The Bertz CT molecular complexity index is 441. The maximum absolute atomic E-state index is 13.1. The third kappa shape index (κ3) is 2.56. The lowest BCUT2D eigenvalue weighted by atomic mass is 9.86. The van der Waals surface area contributed by atoms with E-state index in [1.165, 1.54) is 0 Å². The summed E-state index contributed by atoms with van der Waals surface area (Å²) in [7, 11) is 0. The standard InChI is InChI=1S/C16H26N2O3/c1-10(2)8-13-14(19)17-16(3,11-4-5-11)15(20)18(13)12-6-7-21-9-12/h10-13H,4-9H2,1-3H3,(H,17,19). The number of carbonyl (C=O) groups excluding carboxylic acids is 2. The van der Waals surface area contributed by atoms with E-state index in [2.05, 4.69) is 19.2 Å². The quantitative estimate of drug-likeness (QED) is 0.850. The van der Waals surface area contributed by atoms with Gasteiger partial charge in [-0.1, -0.05) is 13.8 Å². The average Bonchev–Trinajstić information content (AvgIpc) is 3.14. The summed E-state index contributed by atoms with van der Waals surface area (Å²) >= 11 is 0. The van der Waals surface area contributed by atoms with E-state index in [-0.39, 0.29) is 23.9 Å². The number of nitrogens with zero attached hydrogens (tertiary/aromatic N) is 1. The number of amides is 2. The van der Waals surface area contributed by atoms with Crippen molar-refractivity contribution in [3.8, 4) is 0 Å². The zero-order valence-corrected chi connectivity index (χ0v) is 13.2. The molecule has 3 aliphatic rings. The first-order chi connectivity index (χ1) is 9.93. The van der Waals surface area contributed by atoms with Gasteiger partial charge in [0.1, 0.15) is 11.6 Å². The van der Waals surface area contributed by atoms with Crippen LogP contribution in [-0.2, 0) is 14.3 Å². The molecule has 2 saturated heterocycles. The third-order valence-electron chi connectivity index (χ3n) is 5.09. The molecule has 2 amide bonds. The highest BCUT2D eigenvalue weighted by Gasteiger charge is 2.56. The number of carbonyl (C=O) groups is 2. The highest BCUT2D eigenvalue weighted by atomic mass is 16.5.